The Morgan fingerprint density at radius 2 is 1.64 bits per heavy atom. The third kappa shape index (κ3) is 7.96. The Bertz CT molecular complexity index is 1590. The van der Waals surface area contributed by atoms with Crippen molar-refractivity contribution in [3.05, 3.63) is 48.2 Å². The molecule has 1 saturated heterocycles. The van der Waals surface area contributed by atoms with Gasteiger partial charge in [0.05, 0.1) is 31.2 Å². The number of carbonyl (C=O) groups excluding carboxylic acids is 3. The lowest BCUT2D eigenvalue weighted by Crippen LogP contribution is -2.41. The van der Waals surface area contributed by atoms with Crippen LogP contribution in [0.2, 0.25) is 0 Å². The molecule has 1 aliphatic rings. The Morgan fingerprint density at radius 1 is 0.932 bits per heavy atom. The second-order valence-corrected chi connectivity index (χ2v) is 10.5. The van der Waals surface area contributed by atoms with E-state index in [0.29, 0.717) is 42.9 Å². The van der Waals surface area contributed by atoms with Crippen LogP contribution in [0.5, 0.6) is 0 Å². The number of likely N-dealkylation sites (tertiary alicyclic amines) is 1. The lowest BCUT2D eigenvalue weighted by molar-refractivity contribution is -0.141. The summed E-state index contributed by atoms with van der Waals surface area (Å²) in [4.78, 5) is 59.9. The van der Waals surface area contributed by atoms with E-state index in [1.54, 1.807) is 21.8 Å². The largest absolute Gasteiger partial charge is 0.481 e. The fourth-order valence-corrected chi connectivity index (χ4v) is 5.19. The topological polar surface area (TPSA) is 207 Å². The summed E-state index contributed by atoms with van der Waals surface area (Å²) in [7, 11) is 1.85. The van der Waals surface area contributed by atoms with Gasteiger partial charge in [-0.1, -0.05) is 24.3 Å². The highest BCUT2D eigenvalue weighted by molar-refractivity contribution is 6.10. The highest BCUT2D eigenvalue weighted by atomic mass is 16.4. The van der Waals surface area contributed by atoms with Gasteiger partial charge in [0.2, 0.25) is 17.7 Å². The molecule has 14 nitrogen and oxygen atoms in total. The number of aliphatic carboxylic acids is 2. The Kier molecular flexibility index (Phi) is 10.3. The van der Waals surface area contributed by atoms with E-state index in [0.717, 1.165) is 22.0 Å². The van der Waals surface area contributed by atoms with Gasteiger partial charge in [-0.2, -0.15) is 5.10 Å². The van der Waals surface area contributed by atoms with E-state index in [1.807, 2.05) is 37.4 Å². The second-order valence-electron chi connectivity index (χ2n) is 10.5. The quantitative estimate of drug-likeness (QED) is 0.156. The van der Waals surface area contributed by atoms with Gasteiger partial charge in [0.15, 0.2) is 0 Å². The van der Waals surface area contributed by atoms with Crippen LogP contribution in [0.25, 0.3) is 22.0 Å². The lowest BCUT2D eigenvalue weighted by atomic mass is 9.84. The normalized spacial score (nSPS) is 13.3. The molecule has 3 aromatic rings. The van der Waals surface area contributed by atoms with Gasteiger partial charge in [0.1, 0.15) is 6.54 Å². The lowest BCUT2D eigenvalue weighted by Gasteiger charge is -2.33. The van der Waals surface area contributed by atoms with Gasteiger partial charge in [-0.3, -0.25) is 28.7 Å². The molecule has 0 aliphatic carbocycles. The Hall–Kier alpha value is -5.27. The molecule has 2 aromatic carbocycles. The van der Waals surface area contributed by atoms with E-state index in [2.05, 4.69) is 21.0 Å². The molecule has 3 amide bonds. The number of carboxylic acids is 2. The van der Waals surface area contributed by atoms with Crippen LogP contribution >= 0.6 is 0 Å². The highest BCUT2D eigenvalue weighted by Gasteiger charge is 2.29. The van der Waals surface area contributed by atoms with Crippen molar-refractivity contribution in [1.82, 2.24) is 25.3 Å². The number of hydrogen-bond donors (Lipinski definition) is 6. The molecule has 1 fully saturated rings. The van der Waals surface area contributed by atoms with E-state index < -0.39 is 30.3 Å². The molecule has 232 valence electrons. The zero-order valence-electron chi connectivity index (χ0n) is 24.3. The van der Waals surface area contributed by atoms with Gasteiger partial charge in [-0.05, 0) is 36.1 Å². The van der Waals surface area contributed by atoms with Crippen LogP contribution in [-0.4, -0.2) is 93.0 Å². The molecule has 0 spiro atoms. The number of anilines is 1. The average Bonchev–Trinajstić information content (AvgIpc) is 3.39. The number of aromatic nitrogens is 2. The third-order valence-electron chi connectivity index (χ3n) is 7.52. The fourth-order valence-electron chi connectivity index (χ4n) is 5.19. The van der Waals surface area contributed by atoms with E-state index in [9.17, 15) is 29.4 Å². The molecule has 1 aliphatic heterocycles. The number of aryl methyl sites for hydroxylation is 1. The Morgan fingerprint density at radius 3 is 2.34 bits per heavy atom. The molecule has 44 heavy (non-hydrogen) atoms. The molecule has 0 bridgehead atoms. The maximum Gasteiger partial charge on any atom is 0.322 e. The molecular weight excluding hydrogens is 570 g/mol. The van der Waals surface area contributed by atoms with Crippen molar-refractivity contribution < 1.29 is 34.2 Å². The molecule has 0 saturated carbocycles. The van der Waals surface area contributed by atoms with E-state index in [-0.39, 0.29) is 37.8 Å². The molecule has 1 aromatic heterocycles. The number of piperidine rings is 1. The first kappa shape index (κ1) is 31.7. The van der Waals surface area contributed by atoms with Crippen LogP contribution in [0.1, 0.15) is 31.2 Å². The number of carbonyl (C=O) groups is 5. The smallest absolute Gasteiger partial charge is 0.322 e. The van der Waals surface area contributed by atoms with Crippen LogP contribution < -0.4 is 16.0 Å². The number of nitrogens with zero attached hydrogens (tertiary/aromatic N) is 3. The van der Waals surface area contributed by atoms with Crippen molar-refractivity contribution >= 4 is 52.0 Å². The molecule has 0 atom stereocenters. The van der Waals surface area contributed by atoms with Crippen molar-refractivity contribution in [2.45, 2.75) is 25.7 Å². The molecule has 4 rings (SSSR count). The van der Waals surface area contributed by atoms with Crippen molar-refractivity contribution in [1.29, 1.82) is 5.41 Å². The standard InChI is InChI=1S/C30H35N7O7/c1-36-23-13-19(5-6-20(23)14-35-36)21-3-2-4-22(32-15-24(38)33-16-25(39)34-17-28(43)44)29(21)30(31)18-9-11-37(12-10-18)26(40)7-8-27(41)42/h2-6,13-14,18,31-32H,7-12,15-17H2,1H3,(H,33,38)(H,34,39)(H,41,42)(H,43,44). The third-order valence-corrected chi connectivity index (χ3v) is 7.52. The van der Waals surface area contributed by atoms with Gasteiger partial charge in [-0.25, -0.2) is 0 Å². The molecule has 0 unspecified atom stereocenters. The first-order valence-electron chi connectivity index (χ1n) is 14.2. The summed E-state index contributed by atoms with van der Waals surface area (Å²) in [5.74, 6) is -3.75. The predicted molar refractivity (Wildman–Crippen MR) is 161 cm³/mol. The van der Waals surface area contributed by atoms with Crippen LogP contribution in [0.3, 0.4) is 0 Å². The minimum absolute atomic E-state index is 0.0614. The maximum atomic E-state index is 12.5. The van der Waals surface area contributed by atoms with Crippen LogP contribution in [0, 0.1) is 11.3 Å². The van der Waals surface area contributed by atoms with E-state index in [4.69, 9.17) is 10.2 Å². The van der Waals surface area contributed by atoms with E-state index in [1.165, 1.54) is 0 Å². The molecular formula is C30H35N7O7. The number of amides is 3. The van der Waals surface area contributed by atoms with E-state index >= 15 is 0 Å². The monoisotopic (exact) mass is 605 g/mol. The zero-order valence-corrected chi connectivity index (χ0v) is 24.3. The van der Waals surface area contributed by atoms with Crippen molar-refractivity contribution in [3.8, 4) is 11.1 Å². The molecule has 2 heterocycles. The zero-order chi connectivity index (χ0) is 31.8. The number of nitrogens with one attached hydrogen (secondary N) is 4. The van der Waals surface area contributed by atoms with Crippen molar-refractivity contribution in [2.24, 2.45) is 13.0 Å². The highest BCUT2D eigenvalue weighted by Crippen LogP contribution is 2.35. The molecule has 14 heteroatoms. The van der Waals surface area contributed by atoms with Gasteiger partial charge in [0.25, 0.3) is 0 Å². The van der Waals surface area contributed by atoms with Crippen molar-refractivity contribution in [3.63, 3.8) is 0 Å². The van der Waals surface area contributed by atoms with Gasteiger partial charge in [0, 0.05) is 54.8 Å². The summed E-state index contributed by atoms with van der Waals surface area (Å²) in [6.45, 7) is -0.322. The Labute approximate surface area is 252 Å². The molecule has 6 N–H and O–H groups in total. The summed E-state index contributed by atoms with van der Waals surface area (Å²) in [5, 5.41) is 39.9. The fraction of sp³-hybridized carbons (Fsp3) is 0.367. The van der Waals surface area contributed by atoms with Crippen molar-refractivity contribution in [2.75, 3.05) is 38.0 Å². The maximum absolute atomic E-state index is 12.5. The molecule has 0 radical (unpaired) electrons. The van der Waals surface area contributed by atoms with Crippen LogP contribution in [0.15, 0.2) is 42.6 Å². The SMILES string of the molecule is Cn1ncc2ccc(-c3cccc(NCC(=O)NCC(=O)NCC(=O)O)c3C(=N)C3CCN(C(=O)CCC(=O)O)CC3)cc21. The average molecular weight is 606 g/mol. The summed E-state index contributed by atoms with van der Waals surface area (Å²) in [5.41, 5.74) is 4.04. The van der Waals surface area contributed by atoms with Crippen LogP contribution in [0.4, 0.5) is 5.69 Å². The number of fused-ring (bicyclic) bond motifs is 1. The van der Waals surface area contributed by atoms with Crippen LogP contribution in [-0.2, 0) is 31.0 Å². The number of rotatable bonds is 13. The minimum atomic E-state index is -1.20. The summed E-state index contributed by atoms with van der Waals surface area (Å²) in [6, 6.07) is 11.4. The van der Waals surface area contributed by atoms with Gasteiger partial charge < -0.3 is 36.5 Å². The summed E-state index contributed by atoms with van der Waals surface area (Å²) in [6.07, 6.45) is 2.54. The van der Waals surface area contributed by atoms with Gasteiger partial charge in [-0.15, -0.1) is 0 Å². The number of hydrogen-bond acceptors (Lipinski definition) is 8. The first-order valence-corrected chi connectivity index (χ1v) is 14.2. The Balaban J connectivity index is 1.54. The predicted octanol–water partition coefficient (Wildman–Crippen LogP) is 1.44. The second kappa shape index (κ2) is 14.3. The minimum Gasteiger partial charge on any atom is -0.481 e. The number of benzene rings is 2. The van der Waals surface area contributed by atoms with Gasteiger partial charge >= 0.3 is 11.9 Å². The first-order chi connectivity index (χ1) is 21.0. The number of carboxylic acid groups (broad SMARTS) is 2. The summed E-state index contributed by atoms with van der Waals surface area (Å²) >= 11 is 0. The summed E-state index contributed by atoms with van der Waals surface area (Å²) < 4.78 is 1.76.